The third-order valence-corrected chi connectivity index (χ3v) is 3.82. The third-order valence-electron chi connectivity index (χ3n) is 3.34. The summed E-state index contributed by atoms with van der Waals surface area (Å²) in [5, 5.41) is 15.1. The molecule has 4 heteroatoms. The van der Waals surface area contributed by atoms with Crippen molar-refractivity contribution in [2.45, 2.75) is 60.0 Å². The number of hydrogen-bond donors (Lipinski definition) is 1. The Morgan fingerprint density at radius 3 is 2.37 bits per heavy atom. The first-order chi connectivity index (χ1) is 8.60. The predicted octanol–water partition coefficient (Wildman–Crippen LogP) is 3.75. The molecular weight excluding hydrogens is 260 g/mol. The molecule has 19 heavy (non-hydrogen) atoms. The molecule has 0 bridgehead atoms. The Morgan fingerprint density at radius 2 is 1.95 bits per heavy atom. The summed E-state index contributed by atoms with van der Waals surface area (Å²) in [7, 11) is 1.83. The second-order valence-corrected chi connectivity index (χ2v) is 7.30. The number of aromatic nitrogens is 2. The van der Waals surface area contributed by atoms with Crippen molar-refractivity contribution >= 4 is 11.6 Å². The van der Waals surface area contributed by atoms with E-state index in [1.807, 2.05) is 14.0 Å². The van der Waals surface area contributed by atoms with Crippen LogP contribution in [0.15, 0.2) is 0 Å². The number of aryl methyl sites for hydroxylation is 2. The van der Waals surface area contributed by atoms with Crippen LogP contribution in [-0.4, -0.2) is 21.0 Å². The van der Waals surface area contributed by atoms with Gasteiger partial charge in [-0.1, -0.05) is 39.3 Å². The highest BCUT2D eigenvalue weighted by molar-refractivity contribution is 6.30. The summed E-state index contributed by atoms with van der Waals surface area (Å²) in [4.78, 5) is 0. The van der Waals surface area contributed by atoms with Crippen molar-refractivity contribution in [1.82, 2.24) is 9.78 Å². The smallest absolute Gasteiger partial charge is 0.130 e. The van der Waals surface area contributed by atoms with Crippen molar-refractivity contribution in [2.24, 2.45) is 18.4 Å². The van der Waals surface area contributed by atoms with Crippen LogP contribution in [0.2, 0.25) is 5.15 Å². The first-order valence-corrected chi connectivity index (χ1v) is 7.34. The number of hydrogen-bond acceptors (Lipinski definition) is 2. The van der Waals surface area contributed by atoms with Crippen molar-refractivity contribution in [3.8, 4) is 0 Å². The van der Waals surface area contributed by atoms with Gasteiger partial charge in [0.15, 0.2) is 0 Å². The lowest BCUT2D eigenvalue weighted by Crippen LogP contribution is -2.19. The van der Waals surface area contributed by atoms with Gasteiger partial charge in [0.2, 0.25) is 0 Å². The van der Waals surface area contributed by atoms with Gasteiger partial charge in [-0.05, 0) is 31.1 Å². The van der Waals surface area contributed by atoms with Gasteiger partial charge >= 0.3 is 0 Å². The van der Waals surface area contributed by atoms with E-state index in [-0.39, 0.29) is 6.10 Å². The first kappa shape index (κ1) is 16.5. The average Bonchev–Trinajstić information content (AvgIpc) is 2.42. The standard InChI is InChI=1S/C15H27ClN2O/c1-10(9-15(3,4)5)7-12(19)8-13-11(2)17-18(6)14(13)16/h10,12,19H,7-9H2,1-6H3. The van der Waals surface area contributed by atoms with Crippen LogP contribution in [0.5, 0.6) is 0 Å². The number of aliphatic hydroxyl groups excluding tert-OH is 1. The highest BCUT2D eigenvalue weighted by atomic mass is 35.5. The molecule has 0 radical (unpaired) electrons. The zero-order chi connectivity index (χ0) is 14.8. The van der Waals surface area contributed by atoms with Gasteiger partial charge in [-0.2, -0.15) is 5.10 Å². The normalized spacial score (nSPS) is 15.6. The van der Waals surface area contributed by atoms with E-state index in [4.69, 9.17) is 11.6 Å². The molecule has 1 aromatic heterocycles. The van der Waals surface area contributed by atoms with Crippen LogP contribution in [0.1, 0.15) is 51.8 Å². The van der Waals surface area contributed by atoms with Gasteiger partial charge in [-0.25, -0.2) is 0 Å². The van der Waals surface area contributed by atoms with Crippen LogP contribution in [0.3, 0.4) is 0 Å². The summed E-state index contributed by atoms with van der Waals surface area (Å²) in [6.07, 6.45) is 2.16. The average molecular weight is 287 g/mol. The summed E-state index contributed by atoms with van der Waals surface area (Å²) in [5.41, 5.74) is 2.19. The fourth-order valence-electron chi connectivity index (χ4n) is 2.82. The Hall–Kier alpha value is -0.540. The maximum atomic E-state index is 10.2. The molecular formula is C15H27ClN2O. The Balaban J connectivity index is 2.58. The highest BCUT2D eigenvalue weighted by Crippen LogP contribution is 2.28. The van der Waals surface area contributed by atoms with Crippen LogP contribution in [-0.2, 0) is 13.5 Å². The van der Waals surface area contributed by atoms with E-state index in [2.05, 4.69) is 32.8 Å². The van der Waals surface area contributed by atoms with Gasteiger partial charge < -0.3 is 5.11 Å². The van der Waals surface area contributed by atoms with Gasteiger partial charge in [0.25, 0.3) is 0 Å². The fourth-order valence-corrected chi connectivity index (χ4v) is 3.07. The topological polar surface area (TPSA) is 38.0 Å². The number of rotatable bonds is 5. The molecule has 110 valence electrons. The molecule has 0 fully saturated rings. The third kappa shape index (κ3) is 5.15. The molecule has 0 aliphatic heterocycles. The van der Waals surface area contributed by atoms with Crippen molar-refractivity contribution in [2.75, 3.05) is 0 Å². The predicted molar refractivity (Wildman–Crippen MR) is 80.5 cm³/mol. The van der Waals surface area contributed by atoms with Gasteiger partial charge in [0, 0.05) is 19.0 Å². The van der Waals surface area contributed by atoms with Crippen LogP contribution >= 0.6 is 11.6 Å². The molecule has 0 aliphatic carbocycles. The maximum Gasteiger partial charge on any atom is 0.130 e. The van der Waals surface area contributed by atoms with E-state index >= 15 is 0 Å². The maximum absolute atomic E-state index is 10.2. The van der Waals surface area contributed by atoms with E-state index in [0.29, 0.717) is 22.9 Å². The molecule has 3 nitrogen and oxygen atoms in total. The SMILES string of the molecule is Cc1nn(C)c(Cl)c1CC(O)CC(C)CC(C)(C)C. The summed E-state index contributed by atoms with van der Waals surface area (Å²) in [5.74, 6) is 0.505. The Bertz CT molecular complexity index is 421. The van der Waals surface area contributed by atoms with Crippen LogP contribution in [0, 0.1) is 18.3 Å². The molecule has 0 amide bonds. The lowest BCUT2D eigenvalue weighted by atomic mass is 9.83. The van der Waals surface area contributed by atoms with E-state index in [9.17, 15) is 5.11 Å². The minimum atomic E-state index is -0.349. The molecule has 0 aliphatic rings. The highest BCUT2D eigenvalue weighted by Gasteiger charge is 2.20. The molecule has 2 unspecified atom stereocenters. The van der Waals surface area contributed by atoms with E-state index < -0.39 is 0 Å². The number of halogens is 1. The monoisotopic (exact) mass is 286 g/mol. The summed E-state index contributed by atoms with van der Waals surface area (Å²) in [6.45, 7) is 10.8. The fraction of sp³-hybridized carbons (Fsp3) is 0.800. The summed E-state index contributed by atoms with van der Waals surface area (Å²) >= 11 is 6.19. The second-order valence-electron chi connectivity index (χ2n) is 6.94. The summed E-state index contributed by atoms with van der Waals surface area (Å²) < 4.78 is 1.66. The Labute approximate surface area is 122 Å². The molecule has 0 aromatic carbocycles. The molecule has 2 atom stereocenters. The zero-order valence-corrected chi connectivity index (χ0v) is 13.8. The molecule has 0 saturated heterocycles. The van der Waals surface area contributed by atoms with Crippen molar-refractivity contribution < 1.29 is 5.11 Å². The minimum Gasteiger partial charge on any atom is -0.393 e. The summed E-state index contributed by atoms with van der Waals surface area (Å²) in [6, 6.07) is 0. The van der Waals surface area contributed by atoms with Crippen LogP contribution < -0.4 is 0 Å². The van der Waals surface area contributed by atoms with Crippen molar-refractivity contribution in [1.29, 1.82) is 0 Å². The Morgan fingerprint density at radius 1 is 1.37 bits per heavy atom. The molecule has 0 spiro atoms. The second kappa shape index (κ2) is 6.27. The molecule has 0 saturated carbocycles. The molecule has 1 heterocycles. The largest absolute Gasteiger partial charge is 0.393 e. The molecule has 1 rings (SSSR count). The lowest BCUT2D eigenvalue weighted by molar-refractivity contribution is 0.132. The number of nitrogens with zero attached hydrogens (tertiary/aromatic N) is 2. The van der Waals surface area contributed by atoms with Crippen LogP contribution in [0.25, 0.3) is 0 Å². The van der Waals surface area contributed by atoms with Crippen LogP contribution in [0.4, 0.5) is 0 Å². The Kier molecular flexibility index (Phi) is 5.45. The number of aliphatic hydroxyl groups is 1. The zero-order valence-electron chi connectivity index (χ0n) is 13.0. The molecule has 1 aromatic rings. The van der Waals surface area contributed by atoms with E-state index in [1.54, 1.807) is 4.68 Å². The van der Waals surface area contributed by atoms with E-state index in [0.717, 1.165) is 24.1 Å². The molecule has 1 N–H and O–H groups in total. The van der Waals surface area contributed by atoms with Gasteiger partial charge in [-0.15, -0.1) is 0 Å². The lowest BCUT2D eigenvalue weighted by Gasteiger charge is -2.24. The van der Waals surface area contributed by atoms with Gasteiger partial charge in [-0.3, -0.25) is 4.68 Å². The van der Waals surface area contributed by atoms with Crippen molar-refractivity contribution in [3.63, 3.8) is 0 Å². The minimum absolute atomic E-state index is 0.307. The quantitative estimate of drug-likeness (QED) is 0.895. The first-order valence-electron chi connectivity index (χ1n) is 6.96. The van der Waals surface area contributed by atoms with Gasteiger partial charge in [0.1, 0.15) is 5.15 Å². The van der Waals surface area contributed by atoms with Crippen molar-refractivity contribution in [3.05, 3.63) is 16.4 Å². The van der Waals surface area contributed by atoms with Gasteiger partial charge in [0.05, 0.1) is 11.8 Å². The van der Waals surface area contributed by atoms with E-state index in [1.165, 1.54) is 0 Å².